The normalized spacial score (nSPS) is 22.7. The van der Waals surface area contributed by atoms with Gasteiger partial charge in [-0.2, -0.15) is 0 Å². The number of rotatable bonds is 7. The third-order valence-electron chi connectivity index (χ3n) is 5.94. The fourth-order valence-corrected chi connectivity index (χ4v) is 5.50. The maximum absolute atomic E-state index is 12.7. The molecule has 3 rings (SSSR count). The molecule has 0 bridgehead atoms. The summed E-state index contributed by atoms with van der Waals surface area (Å²) in [4.78, 5) is 26.8. The lowest BCUT2D eigenvalue weighted by Gasteiger charge is -2.49. The molecule has 8 heteroatoms. The zero-order valence-electron chi connectivity index (χ0n) is 16.1. The van der Waals surface area contributed by atoms with Gasteiger partial charge in [-0.3, -0.25) is 14.3 Å². The highest BCUT2D eigenvalue weighted by atomic mass is 35.5. The number of carbonyl (C=O) groups excluding carboxylic acids is 2. The van der Waals surface area contributed by atoms with E-state index in [1.165, 1.54) is 30.6 Å². The van der Waals surface area contributed by atoms with Crippen LogP contribution in [0, 0.1) is 5.92 Å². The number of sulfonamides is 1. The predicted octanol–water partition coefficient (Wildman–Crippen LogP) is 3.25. The minimum Gasteiger partial charge on any atom is -0.328 e. The van der Waals surface area contributed by atoms with Crippen LogP contribution in [0.4, 0.5) is 0 Å². The Kier molecular flexibility index (Phi) is 6.34. The number of benzene rings is 1. The van der Waals surface area contributed by atoms with E-state index in [2.05, 4.69) is 4.72 Å². The first-order valence-corrected chi connectivity index (χ1v) is 11.8. The van der Waals surface area contributed by atoms with Crippen LogP contribution in [0.1, 0.15) is 57.4 Å². The average molecular weight is 427 g/mol. The number of nitrogens with zero attached hydrogens (tertiary/aromatic N) is 1. The fourth-order valence-electron chi connectivity index (χ4n) is 4.09. The van der Waals surface area contributed by atoms with Gasteiger partial charge in [0.05, 0.1) is 5.75 Å². The SMILES string of the molecule is CC1(C(=O)NS(=O)(=O)Cc2cccc(Cl)c2)CCN1C(=O)CCC1CCCC1. The van der Waals surface area contributed by atoms with Crippen LogP contribution in [-0.2, 0) is 25.4 Å². The summed E-state index contributed by atoms with van der Waals surface area (Å²) in [5.41, 5.74) is -0.607. The van der Waals surface area contributed by atoms with E-state index in [-0.39, 0.29) is 11.7 Å². The Morgan fingerprint density at radius 2 is 2.00 bits per heavy atom. The van der Waals surface area contributed by atoms with Crippen LogP contribution in [0.2, 0.25) is 5.02 Å². The van der Waals surface area contributed by atoms with Crippen molar-refractivity contribution in [3.8, 4) is 0 Å². The summed E-state index contributed by atoms with van der Waals surface area (Å²) in [5.74, 6) is -0.452. The predicted molar refractivity (Wildman–Crippen MR) is 108 cm³/mol. The van der Waals surface area contributed by atoms with Crippen LogP contribution in [0.3, 0.4) is 0 Å². The van der Waals surface area contributed by atoms with Crippen LogP contribution >= 0.6 is 11.6 Å². The molecule has 0 aromatic heterocycles. The van der Waals surface area contributed by atoms with E-state index in [4.69, 9.17) is 11.6 Å². The zero-order valence-corrected chi connectivity index (χ0v) is 17.7. The Morgan fingerprint density at radius 3 is 2.61 bits per heavy atom. The van der Waals surface area contributed by atoms with E-state index in [0.29, 0.717) is 35.9 Å². The lowest BCUT2D eigenvalue weighted by Crippen LogP contribution is -2.67. The smallest absolute Gasteiger partial charge is 0.259 e. The molecular weight excluding hydrogens is 400 g/mol. The molecule has 0 radical (unpaired) electrons. The molecule has 1 aromatic rings. The molecule has 1 aliphatic carbocycles. The summed E-state index contributed by atoms with van der Waals surface area (Å²) in [6.07, 6.45) is 6.53. The van der Waals surface area contributed by atoms with Crippen molar-refractivity contribution in [2.75, 3.05) is 6.54 Å². The lowest BCUT2D eigenvalue weighted by molar-refractivity contribution is -0.156. The summed E-state index contributed by atoms with van der Waals surface area (Å²) in [6.45, 7) is 2.12. The number of hydrogen-bond acceptors (Lipinski definition) is 4. The van der Waals surface area contributed by atoms with Gasteiger partial charge in [0.25, 0.3) is 5.91 Å². The van der Waals surface area contributed by atoms with Crippen LogP contribution in [0.5, 0.6) is 0 Å². The fraction of sp³-hybridized carbons (Fsp3) is 0.600. The van der Waals surface area contributed by atoms with Crippen LogP contribution in [-0.4, -0.2) is 37.2 Å². The van der Waals surface area contributed by atoms with Crippen molar-refractivity contribution >= 4 is 33.4 Å². The van der Waals surface area contributed by atoms with Crippen molar-refractivity contribution in [2.45, 2.75) is 63.2 Å². The Morgan fingerprint density at radius 1 is 1.29 bits per heavy atom. The van der Waals surface area contributed by atoms with E-state index in [0.717, 1.165) is 6.42 Å². The highest BCUT2D eigenvalue weighted by Crippen LogP contribution is 2.34. The summed E-state index contributed by atoms with van der Waals surface area (Å²) < 4.78 is 27.0. The summed E-state index contributed by atoms with van der Waals surface area (Å²) in [5, 5.41) is 0.434. The molecule has 0 spiro atoms. The topological polar surface area (TPSA) is 83.6 Å². The van der Waals surface area contributed by atoms with Gasteiger partial charge in [-0.25, -0.2) is 8.42 Å². The molecule has 1 saturated carbocycles. The standard InChI is InChI=1S/C20H27ClN2O4S/c1-20(11-12-23(20)18(24)10-9-15-5-2-3-6-15)19(25)22-28(26,27)14-16-7-4-8-17(21)13-16/h4,7-8,13,15H,2-3,5-6,9-12,14H2,1H3,(H,22,25). The molecule has 1 N–H and O–H groups in total. The molecule has 2 aliphatic rings. The summed E-state index contributed by atoms with van der Waals surface area (Å²) >= 11 is 5.89. The molecule has 1 heterocycles. The van der Waals surface area contributed by atoms with Gasteiger partial charge >= 0.3 is 0 Å². The van der Waals surface area contributed by atoms with Gasteiger partial charge in [-0.05, 0) is 43.4 Å². The maximum atomic E-state index is 12.7. The van der Waals surface area contributed by atoms with E-state index in [9.17, 15) is 18.0 Å². The minimum atomic E-state index is -3.88. The molecule has 1 atom stereocenters. The molecule has 1 saturated heterocycles. The molecule has 1 unspecified atom stereocenters. The number of halogens is 1. The molecule has 1 aliphatic heterocycles. The third kappa shape index (κ3) is 4.87. The summed E-state index contributed by atoms with van der Waals surface area (Å²) in [6, 6.07) is 6.50. The first kappa shape index (κ1) is 21.1. The Bertz CT molecular complexity index is 852. The highest BCUT2D eigenvalue weighted by Gasteiger charge is 2.50. The molecule has 28 heavy (non-hydrogen) atoms. The first-order valence-electron chi connectivity index (χ1n) is 9.79. The van der Waals surface area contributed by atoms with Crippen molar-refractivity contribution in [3.05, 3.63) is 34.9 Å². The van der Waals surface area contributed by atoms with E-state index in [1.807, 2.05) is 0 Å². The Labute approximate surface area is 171 Å². The molecule has 1 aromatic carbocycles. The average Bonchev–Trinajstić information content (AvgIpc) is 3.11. The molecule has 2 amide bonds. The van der Waals surface area contributed by atoms with Gasteiger partial charge < -0.3 is 4.90 Å². The van der Waals surface area contributed by atoms with Crippen LogP contribution in [0.15, 0.2) is 24.3 Å². The van der Waals surface area contributed by atoms with Crippen LogP contribution in [0.25, 0.3) is 0 Å². The number of likely N-dealkylation sites (tertiary alicyclic amines) is 1. The van der Waals surface area contributed by atoms with Gasteiger partial charge in [0, 0.05) is 18.0 Å². The largest absolute Gasteiger partial charge is 0.328 e. The molecular formula is C20H27ClN2O4S. The van der Waals surface area contributed by atoms with Gasteiger partial charge in [0.15, 0.2) is 0 Å². The number of nitrogens with one attached hydrogen (secondary N) is 1. The van der Waals surface area contributed by atoms with Crippen LogP contribution < -0.4 is 4.72 Å². The third-order valence-corrected chi connectivity index (χ3v) is 7.39. The second-order valence-electron chi connectivity index (χ2n) is 8.08. The summed E-state index contributed by atoms with van der Waals surface area (Å²) in [7, 11) is -3.88. The number of hydrogen-bond donors (Lipinski definition) is 1. The Balaban J connectivity index is 1.58. The quantitative estimate of drug-likeness (QED) is 0.725. The van der Waals surface area contributed by atoms with Gasteiger partial charge in [0.2, 0.25) is 15.9 Å². The van der Waals surface area contributed by atoms with Crippen molar-refractivity contribution < 1.29 is 18.0 Å². The number of carbonyl (C=O) groups is 2. The number of amides is 2. The first-order chi connectivity index (χ1) is 13.2. The molecule has 2 fully saturated rings. The van der Waals surface area contributed by atoms with Gasteiger partial charge in [-0.1, -0.05) is 49.4 Å². The van der Waals surface area contributed by atoms with Crippen molar-refractivity contribution in [1.29, 1.82) is 0 Å². The monoisotopic (exact) mass is 426 g/mol. The maximum Gasteiger partial charge on any atom is 0.259 e. The minimum absolute atomic E-state index is 0.0666. The molecule has 154 valence electrons. The van der Waals surface area contributed by atoms with E-state index >= 15 is 0 Å². The van der Waals surface area contributed by atoms with E-state index < -0.39 is 21.5 Å². The van der Waals surface area contributed by atoms with E-state index in [1.54, 1.807) is 31.2 Å². The Hall–Kier alpha value is -1.60. The second-order valence-corrected chi connectivity index (χ2v) is 10.2. The second kappa shape index (κ2) is 8.41. The van der Waals surface area contributed by atoms with Crippen molar-refractivity contribution in [1.82, 2.24) is 9.62 Å². The van der Waals surface area contributed by atoms with Gasteiger partial charge in [-0.15, -0.1) is 0 Å². The van der Waals surface area contributed by atoms with Gasteiger partial charge in [0.1, 0.15) is 5.54 Å². The zero-order chi connectivity index (χ0) is 20.4. The van der Waals surface area contributed by atoms with Crippen molar-refractivity contribution in [3.63, 3.8) is 0 Å². The van der Waals surface area contributed by atoms with Crippen molar-refractivity contribution in [2.24, 2.45) is 5.92 Å². The highest BCUT2D eigenvalue weighted by molar-refractivity contribution is 7.89. The molecule has 6 nitrogen and oxygen atoms in total. The lowest BCUT2D eigenvalue weighted by atomic mass is 9.85.